The second-order valence-corrected chi connectivity index (χ2v) is 5.74. The molecule has 0 spiro atoms. The molecule has 2 saturated heterocycles. The van der Waals surface area contributed by atoms with Gasteiger partial charge in [-0.2, -0.15) is 0 Å². The Bertz CT molecular complexity index is 552. The Morgan fingerprint density at radius 2 is 2.18 bits per heavy atom. The maximum absolute atomic E-state index is 12.2. The molecule has 1 aromatic carbocycles. The third kappa shape index (κ3) is 3.06. The van der Waals surface area contributed by atoms with Crippen LogP contribution in [0.15, 0.2) is 24.3 Å². The number of nitrogens with zero attached hydrogens (tertiary/aromatic N) is 1. The highest BCUT2D eigenvalue weighted by Crippen LogP contribution is 2.18. The minimum Gasteiger partial charge on any atom is -0.376 e. The molecule has 2 aliphatic heterocycles. The van der Waals surface area contributed by atoms with Crippen molar-refractivity contribution in [1.82, 2.24) is 10.6 Å². The fourth-order valence-corrected chi connectivity index (χ4v) is 2.89. The maximum Gasteiger partial charge on any atom is 0.321 e. The third-order valence-corrected chi connectivity index (χ3v) is 4.18. The Kier molecular flexibility index (Phi) is 4.29. The molecule has 1 aromatic rings. The minimum atomic E-state index is -0.111. The average Bonchev–Trinajstić information content (AvgIpc) is 3.18. The molecule has 2 heterocycles. The van der Waals surface area contributed by atoms with E-state index in [1.807, 2.05) is 6.92 Å². The largest absolute Gasteiger partial charge is 0.376 e. The van der Waals surface area contributed by atoms with E-state index < -0.39 is 0 Å². The first-order valence-corrected chi connectivity index (χ1v) is 7.73. The number of nitrogens with one attached hydrogen (secondary N) is 2. The van der Waals surface area contributed by atoms with Gasteiger partial charge in [0, 0.05) is 30.9 Å². The van der Waals surface area contributed by atoms with Crippen LogP contribution in [0, 0.1) is 0 Å². The van der Waals surface area contributed by atoms with Gasteiger partial charge in [-0.1, -0.05) is 0 Å². The Balaban J connectivity index is 1.62. The zero-order chi connectivity index (χ0) is 15.5. The van der Waals surface area contributed by atoms with Gasteiger partial charge in [0.2, 0.25) is 0 Å². The van der Waals surface area contributed by atoms with E-state index in [-0.39, 0.29) is 24.1 Å². The second kappa shape index (κ2) is 6.36. The quantitative estimate of drug-likeness (QED) is 0.886. The molecule has 2 unspecified atom stereocenters. The molecule has 6 nitrogen and oxygen atoms in total. The van der Waals surface area contributed by atoms with Crippen LogP contribution < -0.4 is 15.5 Å². The molecule has 118 valence electrons. The van der Waals surface area contributed by atoms with Crippen molar-refractivity contribution < 1.29 is 14.3 Å². The summed E-state index contributed by atoms with van der Waals surface area (Å²) >= 11 is 0. The number of hydrogen-bond acceptors (Lipinski definition) is 3. The van der Waals surface area contributed by atoms with Crippen LogP contribution in [0.2, 0.25) is 0 Å². The van der Waals surface area contributed by atoms with Gasteiger partial charge in [0.25, 0.3) is 5.91 Å². The number of ether oxygens (including phenoxy) is 1. The zero-order valence-electron chi connectivity index (χ0n) is 12.7. The number of rotatable bonds is 4. The van der Waals surface area contributed by atoms with Gasteiger partial charge in [0.15, 0.2) is 0 Å². The standard InChI is InChI=1S/C16H21N3O3/c1-11(14-3-2-10-22-14)18-15(20)12-4-6-13(7-5-12)19-9-8-17-16(19)21/h4-7,11,14H,2-3,8-10H2,1H3,(H,17,21)(H,18,20). The lowest BCUT2D eigenvalue weighted by molar-refractivity contribution is 0.0712. The molecular weight excluding hydrogens is 282 g/mol. The van der Waals surface area contributed by atoms with E-state index in [2.05, 4.69) is 10.6 Å². The van der Waals surface area contributed by atoms with Crippen LogP contribution in [0.25, 0.3) is 0 Å². The Morgan fingerprint density at radius 1 is 1.41 bits per heavy atom. The summed E-state index contributed by atoms with van der Waals surface area (Å²) in [6, 6.07) is 7.01. The minimum absolute atomic E-state index is 0.000892. The summed E-state index contributed by atoms with van der Waals surface area (Å²) in [5.41, 5.74) is 1.40. The highest BCUT2D eigenvalue weighted by Gasteiger charge is 2.24. The summed E-state index contributed by atoms with van der Waals surface area (Å²) in [4.78, 5) is 25.5. The first-order valence-electron chi connectivity index (χ1n) is 7.73. The SMILES string of the molecule is CC(NC(=O)c1ccc(N2CCNC2=O)cc1)C1CCCO1. The molecule has 2 fully saturated rings. The molecule has 2 N–H and O–H groups in total. The van der Waals surface area contributed by atoms with E-state index in [0.717, 1.165) is 25.1 Å². The van der Waals surface area contributed by atoms with Crippen LogP contribution in [0.5, 0.6) is 0 Å². The topological polar surface area (TPSA) is 70.7 Å². The number of carbonyl (C=O) groups is 2. The third-order valence-electron chi connectivity index (χ3n) is 4.18. The number of urea groups is 1. The lowest BCUT2D eigenvalue weighted by Crippen LogP contribution is -2.40. The molecule has 0 aromatic heterocycles. The van der Waals surface area contributed by atoms with Gasteiger partial charge in [0.05, 0.1) is 12.1 Å². The fraction of sp³-hybridized carbons (Fsp3) is 0.500. The number of benzene rings is 1. The van der Waals surface area contributed by atoms with Crippen LogP contribution in [0.1, 0.15) is 30.1 Å². The van der Waals surface area contributed by atoms with E-state index in [4.69, 9.17) is 4.74 Å². The highest BCUT2D eigenvalue weighted by molar-refractivity contribution is 5.97. The fourth-order valence-electron chi connectivity index (χ4n) is 2.89. The van der Waals surface area contributed by atoms with E-state index >= 15 is 0 Å². The number of anilines is 1. The number of amides is 3. The van der Waals surface area contributed by atoms with E-state index in [1.165, 1.54) is 0 Å². The first-order chi connectivity index (χ1) is 10.6. The molecule has 0 radical (unpaired) electrons. The predicted octanol–water partition coefficient (Wildman–Crippen LogP) is 1.51. The summed E-state index contributed by atoms with van der Waals surface area (Å²) < 4.78 is 5.58. The van der Waals surface area contributed by atoms with Crippen LogP contribution in [0.3, 0.4) is 0 Å². The lowest BCUT2D eigenvalue weighted by atomic mass is 10.1. The molecule has 0 aliphatic carbocycles. The van der Waals surface area contributed by atoms with E-state index in [0.29, 0.717) is 18.7 Å². The van der Waals surface area contributed by atoms with Crippen LogP contribution >= 0.6 is 0 Å². The number of hydrogen-bond donors (Lipinski definition) is 2. The van der Waals surface area contributed by atoms with E-state index in [9.17, 15) is 9.59 Å². The van der Waals surface area contributed by atoms with Crippen LogP contribution in [-0.4, -0.2) is 43.8 Å². The molecule has 6 heteroatoms. The zero-order valence-corrected chi connectivity index (χ0v) is 12.7. The van der Waals surface area contributed by atoms with Gasteiger partial charge in [-0.25, -0.2) is 4.79 Å². The summed E-state index contributed by atoms with van der Waals surface area (Å²) in [6.45, 7) is 4.05. The molecule has 2 atom stereocenters. The Hall–Kier alpha value is -2.08. The van der Waals surface area contributed by atoms with Crippen molar-refractivity contribution in [3.8, 4) is 0 Å². The highest BCUT2D eigenvalue weighted by atomic mass is 16.5. The summed E-state index contributed by atoms with van der Waals surface area (Å²) in [7, 11) is 0. The molecule has 3 amide bonds. The normalized spacial score (nSPS) is 22.5. The van der Waals surface area contributed by atoms with Gasteiger partial charge in [-0.3, -0.25) is 9.69 Å². The van der Waals surface area contributed by atoms with E-state index in [1.54, 1.807) is 29.2 Å². The van der Waals surface area contributed by atoms with Gasteiger partial charge in [-0.15, -0.1) is 0 Å². The van der Waals surface area contributed by atoms with Crippen LogP contribution in [0.4, 0.5) is 10.5 Å². The maximum atomic E-state index is 12.2. The second-order valence-electron chi connectivity index (χ2n) is 5.74. The molecule has 22 heavy (non-hydrogen) atoms. The molecule has 0 bridgehead atoms. The molecule has 2 aliphatic rings. The van der Waals surface area contributed by atoms with Crippen molar-refractivity contribution in [3.63, 3.8) is 0 Å². The Morgan fingerprint density at radius 3 is 2.77 bits per heavy atom. The van der Waals surface area contributed by atoms with Gasteiger partial charge < -0.3 is 15.4 Å². The molecule has 0 saturated carbocycles. The summed E-state index contributed by atoms with van der Waals surface area (Å²) in [6.07, 6.45) is 2.15. The first kappa shape index (κ1) is 14.8. The predicted molar refractivity (Wildman–Crippen MR) is 83.1 cm³/mol. The summed E-state index contributed by atoms with van der Waals surface area (Å²) in [5.74, 6) is -0.111. The van der Waals surface area contributed by atoms with Gasteiger partial charge >= 0.3 is 6.03 Å². The lowest BCUT2D eigenvalue weighted by Gasteiger charge is -2.20. The average molecular weight is 303 g/mol. The van der Waals surface area contributed by atoms with Crippen molar-refractivity contribution in [2.45, 2.75) is 31.9 Å². The van der Waals surface area contributed by atoms with Gasteiger partial charge in [-0.05, 0) is 44.0 Å². The van der Waals surface area contributed by atoms with Crippen molar-refractivity contribution in [2.75, 3.05) is 24.6 Å². The van der Waals surface area contributed by atoms with Crippen molar-refractivity contribution in [2.24, 2.45) is 0 Å². The molecule has 3 rings (SSSR count). The van der Waals surface area contributed by atoms with Crippen molar-refractivity contribution in [3.05, 3.63) is 29.8 Å². The Labute approximate surface area is 129 Å². The monoisotopic (exact) mass is 303 g/mol. The smallest absolute Gasteiger partial charge is 0.321 e. The van der Waals surface area contributed by atoms with Gasteiger partial charge in [0.1, 0.15) is 0 Å². The van der Waals surface area contributed by atoms with Crippen molar-refractivity contribution in [1.29, 1.82) is 0 Å². The van der Waals surface area contributed by atoms with Crippen molar-refractivity contribution >= 4 is 17.6 Å². The van der Waals surface area contributed by atoms with Crippen LogP contribution in [-0.2, 0) is 4.74 Å². The number of carbonyl (C=O) groups excluding carboxylic acids is 2. The summed E-state index contributed by atoms with van der Waals surface area (Å²) in [5, 5.41) is 5.74. The molecular formula is C16H21N3O3.